The summed E-state index contributed by atoms with van der Waals surface area (Å²) < 4.78 is 63.6. The highest BCUT2D eigenvalue weighted by molar-refractivity contribution is 7.88. The molecule has 0 saturated carbocycles. The fraction of sp³-hybridized carbons (Fsp3) is 0.458. The van der Waals surface area contributed by atoms with Gasteiger partial charge in [-0.1, -0.05) is 29.3 Å². The van der Waals surface area contributed by atoms with Gasteiger partial charge in [-0.05, 0) is 42.0 Å². The fourth-order valence-electron chi connectivity index (χ4n) is 4.79. The Morgan fingerprint density at radius 2 is 1.62 bits per heavy atom. The van der Waals surface area contributed by atoms with E-state index in [0.717, 1.165) is 24.0 Å². The zero-order valence-corrected chi connectivity index (χ0v) is 22.3. The van der Waals surface area contributed by atoms with Gasteiger partial charge in [-0.25, -0.2) is 13.2 Å². The molecular formula is C24H27Cl2F3N4O3S. The lowest BCUT2D eigenvalue weighted by molar-refractivity contribution is -0.137. The van der Waals surface area contributed by atoms with E-state index in [2.05, 4.69) is 5.32 Å². The van der Waals surface area contributed by atoms with Crippen molar-refractivity contribution in [3.8, 4) is 0 Å². The first-order chi connectivity index (χ1) is 17.3. The van der Waals surface area contributed by atoms with Gasteiger partial charge in [0.25, 0.3) is 0 Å². The smallest absolute Gasteiger partial charge is 0.385 e. The molecule has 2 fully saturated rings. The van der Waals surface area contributed by atoms with Crippen molar-refractivity contribution in [1.29, 1.82) is 0 Å². The molecule has 0 aromatic heterocycles. The van der Waals surface area contributed by atoms with E-state index < -0.39 is 21.8 Å². The third-order valence-corrected chi connectivity index (χ3v) is 8.88. The number of benzene rings is 2. The zero-order chi connectivity index (χ0) is 27.0. The van der Waals surface area contributed by atoms with Gasteiger partial charge in [0.1, 0.15) is 0 Å². The van der Waals surface area contributed by atoms with Crippen molar-refractivity contribution in [1.82, 2.24) is 14.1 Å². The standard InChI is InChI=1S/C24H27Cl2F3N4O3S/c1-37(35,36)33-10-8-31(9-11-33)23(34)32-14-17(20(15-32)16-2-7-21(25)22(26)12-16)13-30-19-5-3-18(4-6-19)24(27,28)29/h2-7,12,17,20,30H,8-11,13-15H2,1H3. The number of piperazine rings is 1. The molecule has 0 radical (unpaired) electrons. The average Bonchev–Trinajstić information content (AvgIpc) is 3.27. The Labute approximate surface area is 224 Å². The summed E-state index contributed by atoms with van der Waals surface area (Å²) in [6.45, 7) is 2.34. The topological polar surface area (TPSA) is 73.0 Å². The molecular weight excluding hydrogens is 552 g/mol. The largest absolute Gasteiger partial charge is 0.416 e. The van der Waals surface area contributed by atoms with Crippen LogP contribution < -0.4 is 5.32 Å². The van der Waals surface area contributed by atoms with E-state index in [1.807, 2.05) is 6.07 Å². The number of likely N-dealkylation sites (tertiary alicyclic amines) is 1. The number of hydrogen-bond donors (Lipinski definition) is 1. The summed E-state index contributed by atoms with van der Waals surface area (Å²) >= 11 is 12.3. The summed E-state index contributed by atoms with van der Waals surface area (Å²) in [7, 11) is -3.31. The van der Waals surface area contributed by atoms with Gasteiger partial charge in [-0.3, -0.25) is 0 Å². The molecule has 0 aliphatic carbocycles. The number of hydrogen-bond acceptors (Lipinski definition) is 4. The van der Waals surface area contributed by atoms with Crippen LogP contribution in [0.3, 0.4) is 0 Å². The predicted octanol–water partition coefficient (Wildman–Crippen LogP) is 4.84. The summed E-state index contributed by atoms with van der Waals surface area (Å²) in [4.78, 5) is 16.7. The van der Waals surface area contributed by atoms with Gasteiger partial charge in [-0.2, -0.15) is 17.5 Å². The number of anilines is 1. The van der Waals surface area contributed by atoms with Crippen LogP contribution in [0.25, 0.3) is 0 Å². The van der Waals surface area contributed by atoms with Gasteiger partial charge >= 0.3 is 12.2 Å². The van der Waals surface area contributed by atoms with Gasteiger partial charge in [0, 0.05) is 63.3 Å². The molecule has 2 atom stereocenters. The number of rotatable bonds is 5. The second-order valence-electron chi connectivity index (χ2n) is 9.33. The summed E-state index contributed by atoms with van der Waals surface area (Å²) in [6, 6.07) is 10.00. The molecule has 2 heterocycles. The maximum Gasteiger partial charge on any atom is 0.416 e. The van der Waals surface area contributed by atoms with Gasteiger partial charge < -0.3 is 15.1 Å². The Morgan fingerprint density at radius 1 is 0.973 bits per heavy atom. The first-order valence-electron chi connectivity index (χ1n) is 11.7. The predicted molar refractivity (Wildman–Crippen MR) is 138 cm³/mol. The Morgan fingerprint density at radius 3 is 2.19 bits per heavy atom. The maximum atomic E-state index is 13.3. The molecule has 4 rings (SSSR count). The first-order valence-corrected chi connectivity index (χ1v) is 14.3. The number of nitrogens with zero attached hydrogens (tertiary/aromatic N) is 3. The molecule has 2 aromatic rings. The van der Waals surface area contributed by atoms with Crippen LogP contribution >= 0.6 is 23.2 Å². The molecule has 37 heavy (non-hydrogen) atoms. The van der Waals surface area contributed by atoms with Crippen molar-refractivity contribution in [2.75, 3.05) is 57.4 Å². The van der Waals surface area contributed by atoms with E-state index in [1.165, 1.54) is 16.4 Å². The van der Waals surface area contributed by atoms with E-state index in [-0.39, 0.29) is 31.0 Å². The minimum Gasteiger partial charge on any atom is -0.385 e. The Bertz CT molecular complexity index is 1240. The van der Waals surface area contributed by atoms with Crippen molar-refractivity contribution in [2.45, 2.75) is 12.1 Å². The van der Waals surface area contributed by atoms with Gasteiger partial charge in [0.15, 0.2) is 0 Å². The van der Waals surface area contributed by atoms with Crippen LogP contribution in [-0.2, 0) is 16.2 Å². The molecule has 7 nitrogen and oxygen atoms in total. The second kappa shape index (κ2) is 10.9. The molecule has 0 bridgehead atoms. The van der Waals surface area contributed by atoms with Crippen molar-refractivity contribution in [3.63, 3.8) is 0 Å². The normalized spacial score (nSPS) is 21.4. The number of alkyl halides is 3. The van der Waals surface area contributed by atoms with E-state index >= 15 is 0 Å². The van der Waals surface area contributed by atoms with E-state index in [9.17, 15) is 26.4 Å². The summed E-state index contributed by atoms with van der Waals surface area (Å²) in [5, 5.41) is 4.02. The number of carbonyl (C=O) groups is 1. The zero-order valence-electron chi connectivity index (χ0n) is 20.0. The number of urea groups is 1. The van der Waals surface area contributed by atoms with Crippen LogP contribution in [0, 0.1) is 5.92 Å². The van der Waals surface area contributed by atoms with Crippen LogP contribution in [-0.4, -0.2) is 80.6 Å². The van der Waals surface area contributed by atoms with Crippen molar-refractivity contribution >= 4 is 44.9 Å². The average molecular weight is 579 g/mol. The monoisotopic (exact) mass is 578 g/mol. The van der Waals surface area contributed by atoms with Crippen molar-refractivity contribution < 1.29 is 26.4 Å². The molecule has 2 unspecified atom stereocenters. The molecule has 13 heteroatoms. The summed E-state index contributed by atoms with van der Waals surface area (Å²) in [5.74, 6) is -0.140. The fourth-order valence-corrected chi connectivity index (χ4v) is 5.93. The number of sulfonamides is 1. The molecule has 202 valence electrons. The third-order valence-electron chi connectivity index (χ3n) is 6.84. The lowest BCUT2D eigenvalue weighted by Gasteiger charge is -2.35. The molecule has 2 aromatic carbocycles. The van der Waals surface area contributed by atoms with Gasteiger partial charge in [-0.15, -0.1) is 0 Å². The minimum absolute atomic E-state index is 0.0548. The molecule has 2 aliphatic rings. The quantitative estimate of drug-likeness (QED) is 0.551. The van der Waals surface area contributed by atoms with E-state index in [0.29, 0.717) is 48.5 Å². The van der Waals surface area contributed by atoms with E-state index in [1.54, 1.807) is 21.9 Å². The third kappa shape index (κ3) is 6.63. The van der Waals surface area contributed by atoms with Gasteiger partial charge in [0.2, 0.25) is 10.0 Å². The number of carbonyl (C=O) groups excluding carboxylic acids is 1. The Balaban J connectivity index is 1.47. The highest BCUT2D eigenvalue weighted by Gasteiger charge is 2.39. The van der Waals surface area contributed by atoms with Crippen molar-refractivity contribution in [2.24, 2.45) is 5.92 Å². The Hall–Kier alpha value is -2.21. The SMILES string of the molecule is CS(=O)(=O)N1CCN(C(=O)N2CC(CNc3ccc(C(F)(F)F)cc3)C(c3ccc(Cl)c(Cl)c3)C2)CC1. The van der Waals surface area contributed by atoms with Crippen LogP contribution in [0.15, 0.2) is 42.5 Å². The summed E-state index contributed by atoms with van der Waals surface area (Å²) in [6.07, 6.45) is -3.25. The molecule has 2 amide bonds. The highest BCUT2D eigenvalue weighted by Crippen LogP contribution is 2.37. The number of amides is 2. The maximum absolute atomic E-state index is 13.3. The molecule has 1 N–H and O–H groups in total. The lowest BCUT2D eigenvalue weighted by atomic mass is 9.89. The molecule has 0 spiro atoms. The van der Waals surface area contributed by atoms with E-state index in [4.69, 9.17) is 23.2 Å². The minimum atomic E-state index is -4.41. The van der Waals surface area contributed by atoms with Crippen LogP contribution in [0.2, 0.25) is 10.0 Å². The highest BCUT2D eigenvalue weighted by atomic mass is 35.5. The molecule has 2 saturated heterocycles. The van der Waals surface area contributed by atoms with Crippen LogP contribution in [0.4, 0.5) is 23.7 Å². The van der Waals surface area contributed by atoms with Crippen molar-refractivity contribution in [3.05, 3.63) is 63.6 Å². The van der Waals surface area contributed by atoms with Crippen LogP contribution in [0.1, 0.15) is 17.0 Å². The second-order valence-corrected chi connectivity index (χ2v) is 12.1. The first kappa shape index (κ1) is 27.8. The summed E-state index contributed by atoms with van der Waals surface area (Å²) in [5.41, 5.74) is 0.730. The molecule has 2 aliphatic heterocycles. The number of nitrogens with one attached hydrogen (secondary N) is 1. The Kier molecular flexibility index (Phi) is 8.18. The lowest BCUT2D eigenvalue weighted by Crippen LogP contribution is -2.53. The number of halogens is 5. The van der Waals surface area contributed by atoms with Crippen LogP contribution in [0.5, 0.6) is 0 Å². The van der Waals surface area contributed by atoms with Gasteiger partial charge in [0.05, 0.1) is 21.9 Å².